The average molecular weight is 2010 g/mol. The maximum absolute atomic E-state index is 14.0. The van der Waals surface area contributed by atoms with Crippen molar-refractivity contribution in [3.05, 3.63) is 197 Å². The summed E-state index contributed by atoms with van der Waals surface area (Å²) >= 11 is -3.23. The molecule has 9 aliphatic carbocycles. The van der Waals surface area contributed by atoms with Gasteiger partial charge >= 0.3 is 147 Å². The fourth-order valence-corrected chi connectivity index (χ4v) is 42.1. The summed E-state index contributed by atoms with van der Waals surface area (Å²) in [5.41, 5.74) is 19.0. The third-order valence-corrected chi connectivity index (χ3v) is 45.7. The average Bonchev–Trinajstić information content (AvgIpc) is 1.72. The van der Waals surface area contributed by atoms with Gasteiger partial charge in [0, 0.05) is 48.2 Å². The van der Waals surface area contributed by atoms with Gasteiger partial charge in [-0.05, 0) is 305 Å². The third kappa shape index (κ3) is 33.3. The Kier molecular flexibility index (Phi) is 49.9. The van der Waals surface area contributed by atoms with E-state index in [2.05, 4.69) is 0 Å². The van der Waals surface area contributed by atoms with Crippen LogP contribution >= 0.6 is 62.5 Å². The molecule has 1 saturated heterocycles. The summed E-state index contributed by atoms with van der Waals surface area (Å²) in [6, 6.07) is 39.9. The number of nitrogens with zero attached hydrogens (tertiary/aromatic N) is 4. The number of aryl methyl sites for hydroxylation is 4. The second-order valence-corrected chi connectivity index (χ2v) is 58.4. The van der Waals surface area contributed by atoms with E-state index in [1.165, 1.54) is 75.2 Å². The van der Waals surface area contributed by atoms with Crippen LogP contribution in [0.1, 0.15) is 337 Å². The molecule has 0 bridgehead atoms. The van der Waals surface area contributed by atoms with Crippen molar-refractivity contribution in [1.82, 2.24) is 0 Å². The van der Waals surface area contributed by atoms with Crippen molar-refractivity contribution in [2.75, 3.05) is 40.9 Å². The van der Waals surface area contributed by atoms with Crippen molar-refractivity contribution in [3.8, 4) is 0 Å². The van der Waals surface area contributed by atoms with Gasteiger partial charge in [-0.1, -0.05) is 121 Å². The molecule has 0 N–H and O–H groups in total. The van der Waals surface area contributed by atoms with Gasteiger partial charge in [0.1, 0.15) is 24.7 Å². The first-order valence-electron chi connectivity index (χ1n) is 47.2. The number of anilines is 3. The number of rotatable bonds is 15. The Morgan fingerprint density at radius 2 is 0.549 bits per heavy atom. The van der Waals surface area contributed by atoms with Crippen molar-refractivity contribution in [3.63, 3.8) is 0 Å². The van der Waals surface area contributed by atoms with Gasteiger partial charge in [-0.25, -0.2) is 27.0 Å². The van der Waals surface area contributed by atoms with Crippen LogP contribution in [0.15, 0.2) is 133 Å². The van der Waals surface area contributed by atoms with Gasteiger partial charge in [-0.3, -0.25) is 0 Å². The van der Waals surface area contributed by atoms with Crippen LogP contribution < -0.4 is 27.1 Å². The SMILES string of the molecule is C.C.C1CCC([PH+](C2CCCCC2)C2CCCCC2)CC1.C1CCC([PH+](C2CCCCC2)C2CCCCC2)CC1.C1CCC([PH+](C2CCCCC2)C2CCCCC2)CC1.Cc1cccc(F)c1N1C=[N+](c2c(C)cccc2F)CC1.Cc1cccc(F)c1N1[CH-]N(c2c(C)cccc2F)CC1.[Cl-].[Cl][Ru]([Cl])=[CH]c1ccccc1.[Cl][Ru]([Cl])=[CH]c1ccccc1. The van der Waals surface area contributed by atoms with E-state index < -0.39 is 27.0 Å². The molecule has 10 fully saturated rings. The summed E-state index contributed by atoms with van der Waals surface area (Å²) in [7, 11) is 22.5. The monoisotopic (exact) mass is 2010 g/mol. The van der Waals surface area contributed by atoms with Crippen LogP contribution in [-0.2, 0) is 27.0 Å². The molecule has 0 radical (unpaired) electrons. The second-order valence-electron chi connectivity index (χ2n) is 36.6. The standard InChI is InChI=1S/3C18H33P.2C17H17F2N2.2C7H6.2CH4.5ClH.2Ru/c3*1-4-10-16(11-5-1)19(17-12-6-2-7-13-17)18-14-8-3-9-15-18;2*1-12-5-3-7-14(18)16(12)20-9-10-21(11-20)17-13(2)6-4-8-15(17)19;2*1-7-5-3-2-4-6-7;;;;;;;;;/h3*16-18H,1-15H2;2*3-8,11H,9-10H2,1-2H3;2*1-6H;2*1H4;5*1H;;/q;;;-1;+1;;;;;;;;;;2*+2/p-2. The van der Waals surface area contributed by atoms with Crippen LogP contribution in [0.4, 0.5) is 40.3 Å². The molecule has 11 aliphatic rings. The van der Waals surface area contributed by atoms with E-state index in [0.29, 0.717) is 48.9 Å². The van der Waals surface area contributed by atoms with Crippen molar-refractivity contribution in [2.45, 2.75) is 382 Å². The second kappa shape index (κ2) is 57.9. The van der Waals surface area contributed by atoms with Crippen LogP contribution in [-0.4, -0.2) is 97.2 Å². The number of halogens is 9. The molecule has 2 aliphatic heterocycles. The van der Waals surface area contributed by atoms with Gasteiger partial charge < -0.3 is 22.2 Å². The Morgan fingerprint density at radius 1 is 0.311 bits per heavy atom. The minimum atomic E-state index is -1.61. The Morgan fingerprint density at radius 3 is 0.787 bits per heavy atom. The van der Waals surface area contributed by atoms with Gasteiger partial charge in [-0.15, -0.1) is 0 Å². The Hall–Kier alpha value is -2.16. The van der Waals surface area contributed by atoms with Gasteiger partial charge in [0.2, 0.25) is 6.34 Å². The van der Waals surface area contributed by atoms with Gasteiger partial charge in [0.25, 0.3) is 0 Å². The maximum atomic E-state index is 14.0. The molecule has 6 aromatic carbocycles. The molecule has 6 aromatic rings. The Bertz CT molecular complexity index is 3540. The molecule has 0 aromatic heterocycles. The topological polar surface area (TPSA) is 12.7 Å². The summed E-state index contributed by atoms with van der Waals surface area (Å²) < 4.78 is 61.8. The van der Waals surface area contributed by atoms with Gasteiger partial charge in [0.15, 0.2) is 23.0 Å². The molecule has 0 atom stereocenters. The van der Waals surface area contributed by atoms with Crippen LogP contribution in [0.25, 0.3) is 0 Å². The fraction of sp³-hybridized carbons (Fsp3) is 0.615. The predicted molar refractivity (Wildman–Crippen MR) is 529 cm³/mol. The Labute approximate surface area is 775 Å². The third-order valence-electron chi connectivity index (χ3n) is 28.3. The van der Waals surface area contributed by atoms with Crippen molar-refractivity contribution in [2.24, 2.45) is 0 Å². The molecule has 0 unspecified atom stereocenters. The van der Waals surface area contributed by atoms with E-state index in [4.69, 9.17) is 38.8 Å². The molecule has 4 nitrogen and oxygen atoms in total. The summed E-state index contributed by atoms with van der Waals surface area (Å²) in [6.45, 7) is 11.8. The van der Waals surface area contributed by atoms with Crippen LogP contribution in [0, 0.1) is 57.6 Å². The zero-order valence-corrected chi connectivity index (χ0v) is 83.5. The zero-order chi connectivity index (χ0) is 83.5. The quantitative estimate of drug-likeness (QED) is 0.0334. The molecule has 18 heteroatoms. The molecule has 17 rings (SSSR count). The van der Waals surface area contributed by atoms with Crippen molar-refractivity contribution >= 4 is 101 Å². The molecule has 2 heterocycles. The Balaban J connectivity index is 0.000000179. The number of benzene rings is 6. The first-order chi connectivity index (χ1) is 58.1. The van der Waals surface area contributed by atoms with Gasteiger partial charge in [-0.2, -0.15) is 6.67 Å². The molecular formula is C104H156Cl5F4N4P3Ru2+2. The van der Waals surface area contributed by atoms with E-state index in [1.807, 2.05) is 141 Å². The zero-order valence-electron chi connectivity index (χ0n) is 73.3. The molecular weight excluding hydrogens is 1850 g/mol. The first-order valence-corrected chi connectivity index (χ1v) is 63.4. The molecule has 9 saturated carbocycles. The van der Waals surface area contributed by atoms with E-state index in [-0.39, 0.29) is 74.3 Å². The number of hydrogen-bond donors (Lipinski definition) is 0. The molecule has 0 amide bonds. The summed E-state index contributed by atoms with van der Waals surface area (Å²) in [4.78, 5) is 5.53. The molecule has 122 heavy (non-hydrogen) atoms. The van der Waals surface area contributed by atoms with E-state index >= 15 is 0 Å². The van der Waals surface area contributed by atoms with E-state index in [9.17, 15) is 17.6 Å². The number of para-hydroxylation sites is 4. The molecule has 684 valence electrons. The first kappa shape index (κ1) is 105. The molecule has 0 spiro atoms. The van der Waals surface area contributed by atoms with Crippen LogP contribution in [0.2, 0.25) is 0 Å². The normalized spacial score (nSPS) is 20.3. The van der Waals surface area contributed by atoms with Crippen molar-refractivity contribution in [1.29, 1.82) is 0 Å². The van der Waals surface area contributed by atoms with Crippen LogP contribution in [0.5, 0.6) is 0 Å². The fourth-order valence-electron chi connectivity index (χ4n) is 22.8. The predicted octanol–water partition coefficient (Wildman–Crippen LogP) is 30.2. The van der Waals surface area contributed by atoms with Crippen molar-refractivity contribution < 1.29 is 61.6 Å². The summed E-state index contributed by atoms with van der Waals surface area (Å²) in [5, 5.41) is 0. The van der Waals surface area contributed by atoms with E-state index in [1.54, 1.807) is 326 Å². The minimum absolute atomic E-state index is 0. The summed E-state index contributed by atoms with van der Waals surface area (Å²) in [5.74, 6) is -1.01. The van der Waals surface area contributed by atoms with Gasteiger partial charge in [0.05, 0.1) is 50.9 Å². The van der Waals surface area contributed by atoms with E-state index in [0.717, 1.165) is 33.4 Å². The van der Waals surface area contributed by atoms with Crippen LogP contribution in [0.3, 0.4) is 0 Å². The number of hydrogen-bond acceptors (Lipinski definition) is 3. The summed E-state index contributed by atoms with van der Waals surface area (Å²) in [6.07, 6.45) is 73.2.